The summed E-state index contributed by atoms with van der Waals surface area (Å²) in [6.07, 6.45) is 1.66. The maximum absolute atomic E-state index is 12.4. The molecule has 0 aliphatic carbocycles. The second kappa shape index (κ2) is 7.81. The molecule has 0 radical (unpaired) electrons. The van der Waals surface area contributed by atoms with Crippen molar-refractivity contribution in [3.05, 3.63) is 75.5 Å². The molecule has 0 unspecified atom stereocenters. The summed E-state index contributed by atoms with van der Waals surface area (Å²) in [6, 6.07) is 12.6. The van der Waals surface area contributed by atoms with Gasteiger partial charge in [-0.05, 0) is 43.2 Å². The van der Waals surface area contributed by atoms with Gasteiger partial charge in [-0.2, -0.15) is 5.10 Å². The fraction of sp³-hybridized carbons (Fsp3) is 0.158. The van der Waals surface area contributed by atoms with E-state index in [0.717, 1.165) is 16.8 Å². The van der Waals surface area contributed by atoms with Crippen molar-refractivity contribution in [3.8, 4) is 5.75 Å². The Balaban J connectivity index is 1.69. The molecule has 1 heterocycles. The smallest absolute Gasteiger partial charge is 0.276 e. The number of nitrogens with one attached hydrogen (secondary N) is 1. The summed E-state index contributed by atoms with van der Waals surface area (Å²) in [7, 11) is 0. The van der Waals surface area contributed by atoms with Gasteiger partial charge in [0.2, 0.25) is 0 Å². The Morgan fingerprint density at radius 3 is 2.35 bits per heavy atom. The normalized spacial score (nSPS) is 10.6. The number of carbonyl (C=O) groups excluding carboxylic acids is 1. The summed E-state index contributed by atoms with van der Waals surface area (Å²) in [5, 5.41) is 7.96. The number of ether oxygens (including phenoxy) is 1. The van der Waals surface area contributed by atoms with Crippen LogP contribution in [0.15, 0.2) is 48.7 Å². The lowest BCUT2D eigenvalue weighted by Crippen LogP contribution is -2.15. The number of rotatable bonds is 5. The molecular weight excluding hydrogens is 373 g/mol. The quantitative estimate of drug-likeness (QED) is 0.660. The molecule has 0 fully saturated rings. The molecule has 0 aliphatic heterocycles. The highest BCUT2D eigenvalue weighted by Gasteiger charge is 2.13. The zero-order valence-electron chi connectivity index (χ0n) is 14.3. The standard InChI is InChI=1S/C19H17Cl2N3O2/c1-12-5-3-6-13(2)17(12)22-19(25)16-9-10-24(23-16)11-26-18-14(20)7-4-8-15(18)21/h3-10H,11H2,1-2H3,(H,22,25). The third-order valence-corrected chi connectivity index (χ3v) is 4.45. The summed E-state index contributed by atoms with van der Waals surface area (Å²) in [6.45, 7) is 3.98. The van der Waals surface area contributed by atoms with Crippen LogP contribution in [-0.2, 0) is 6.73 Å². The summed E-state index contributed by atoms with van der Waals surface area (Å²) in [4.78, 5) is 12.4. The van der Waals surface area contributed by atoms with Crippen molar-refractivity contribution in [1.82, 2.24) is 9.78 Å². The van der Waals surface area contributed by atoms with Crippen LogP contribution in [0.2, 0.25) is 10.0 Å². The first kappa shape index (κ1) is 18.3. The minimum Gasteiger partial charge on any atom is -0.468 e. The second-order valence-electron chi connectivity index (χ2n) is 5.79. The van der Waals surface area contributed by atoms with E-state index < -0.39 is 0 Å². The predicted molar refractivity (Wildman–Crippen MR) is 103 cm³/mol. The molecule has 26 heavy (non-hydrogen) atoms. The van der Waals surface area contributed by atoms with Crippen molar-refractivity contribution in [3.63, 3.8) is 0 Å². The van der Waals surface area contributed by atoms with Crippen LogP contribution < -0.4 is 10.1 Å². The third kappa shape index (κ3) is 4.00. The van der Waals surface area contributed by atoms with E-state index in [-0.39, 0.29) is 12.6 Å². The Morgan fingerprint density at radius 1 is 1.08 bits per heavy atom. The number of hydrogen-bond acceptors (Lipinski definition) is 3. The maximum atomic E-state index is 12.4. The Morgan fingerprint density at radius 2 is 1.69 bits per heavy atom. The molecule has 1 amide bonds. The lowest BCUT2D eigenvalue weighted by Gasteiger charge is -2.10. The largest absolute Gasteiger partial charge is 0.468 e. The average Bonchev–Trinajstić information content (AvgIpc) is 3.07. The van der Waals surface area contributed by atoms with Gasteiger partial charge in [0, 0.05) is 11.9 Å². The van der Waals surface area contributed by atoms with Gasteiger partial charge in [0.25, 0.3) is 5.91 Å². The molecule has 134 valence electrons. The van der Waals surface area contributed by atoms with E-state index in [0.29, 0.717) is 21.5 Å². The van der Waals surface area contributed by atoms with Crippen LogP contribution in [0, 0.1) is 13.8 Å². The number of carbonyl (C=O) groups is 1. The third-order valence-electron chi connectivity index (χ3n) is 3.85. The molecule has 1 aromatic heterocycles. The molecule has 0 saturated heterocycles. The molecule has 5 nitrogen and oxygen atoms in total. The van der Waals surface area contributed by atoms with Gasteiger partial charge in [-0.3, -0.25) is 4.79 Å². The fourth-order valence-electron chi connectivity index (χ4n) is 2.49. The van der Waals surface area contributed by atoms with E-state index in [4.69, 9.17) is 27.9 Å². The molecule has 0 atom stereocenters. The Bertz CT molecular complexity index is 913. The van der Waals surface area contributed by atoms with Crippen LogP contribution in [-0.4, -0.2) is 15.7 Å². The Kier molecular flexibility index (Phi) is 5.49. The van der Waals surface area contributed by atoms with Crippen molar-refractivity contribution in [1.29, 1.82) is 0 Å². The number of benzene rings is 2. The minimum atomic E-state index is -0.281. The first-order valence-corrected chi connectivity index (χ1v) is 8.69. The van der Waals surface area contributed by atoms with Crippen molar-refractivity contribution < 1.29 is 9.53 Å². The molecule has 0 saturated carbocycles. The highest BCUT2D eigenvalue weighted by atomic mass is 35.5. The van der Waals surface area contributed by atoms with Crippen LogP contribution in [0.25, 0.3) is 0 Å². The van der Waals surface area contributed by atoms with Gasteiger partial charge in [-0.25, -0.2) is 4.68 Å². The van der Waals surface area contributed by atoms with Crippen LogP contribution in [0.4, 0.5) is 5.69 Å². The maximum Gasteiger partial charge on any atom is 0.276 e. The Hall–Kier alpha value is -2.50. The molecule has 1 N–H and O–H groups in total. The van der Waals surface area contributed by atoms with E-state index in [9.17, 15) is 4.79 Å². The van der Waals surface area contributed by atoms with Gasteiger partial charge < -0.3 is 10.1 Å². The molecule has 3 rings (SSSR count). The van der Waals surface area contributed by atoms with Crippen molar-refractivity contribution >= 4 is 34.8 Å². The predicted octanol–water partition coefficient (Wildman–Crippen LogP) is 5.10. The molecule has 2 aromatic carbocycles. The lowest BCUT2D eigenvalue weighted by molar-refractivity contribution is 0.102. The molecule has 0 bridgehead atoms. The summed E-state index contributed by atoms with van der Waals surface area (Å²) >= 11 is 12.1. The van der Waals surface area contributed by atoms with Crippen LogP contribution in [0.1, 0.15) is 21.6 Å². The number of hydrogen-bond donors (Lipinski definition) is 1. The number of para-hydroxylation sites is 2. The summed E-state index contributed by atoms with van der Waals surface area (Å²) < 4.78 is 7.11. The number of nitrogens with zero attached hydrogens (tertiary/aromatic N) is 2. The van der Waals surface area contributed by atoms with Gasteiger partial charge in [-0.1, -0.05) is 47.5 Å². The zero-order chi connectivity index (χ0) is 18.7. The number of aryl methyl sites for hydroxylation is 2. The molecule has 7 heteroatoms. The number of aromatic nitrogens is 2. The minimum absolute atomic E-state index is 0.0835. The second-order valence-corrected chi connectivity index (χ2v) is 6.60. The SMILES string of the molecule is Cc1cccc(C)c1NC(=O)c1ccn(COc2c(Cl)cccc2Cl)n1. The fourth-order valence-corrected chi connectivity index (χ4v) is 3.00. The lowest BCUT2D eigenvalue weighted by atomic mass is 10.1. The summed E-state index contributed by atoms with van der Waals surface area (Å²) in [5.74, 6) is 0.102. The highest BCUT2D eigenvalue weighted by molar-refractivity contribution is 6.37. The molecule has 3 aromatic rings. The van der Waals surface area contributed by atoms with Crippen molar-refractivity contribution in [2.24, 2.45) is 0 Å². The topological polar surface area (TPSA) is 56.2 Å². The zero-order valence-corrected chi connectivity index (χ0v) is 15.8. The molecule has 0 spiro atoms. The van der Waals surface area contributed by atoms with E-state index in [1.807, 2.05) is 32.0 Å². The van der Waals surface area contributed by atoms with Crippen LogP contribution >= 0.6 is 23.2 Å². The van der Waals surface area contributed by atoms with E-state index >= 15 is 0 Å². The van der Waals surface area contributed by atoms with Crippen molar-refractivity contribution in [2.75, 3.05) is 5.32 Å². The molecular formula is C19H17Cl2N3O2. The first-order valence-electron chi connectivity index (χ1n) is 7.93. The Labute approximate surface area is 161 Å². The van der Waals surface area contributed by atoms with Gasteiger partial charge in [-0.15, -0.1) is 0 Å². The van der Waals surface area contributed by atoms with Crippen molar-refractivity contribution in [2.45, 2.75) is 20.6 Å². The van der Waals surface area contributed by atoms with Gasteiger partial charge in [0.1, 0.15) is 0 Å². The van der Waals surface area contributed by atoms with E-state index in [1.165, 1.54) is 4.68 Å². The number of amides is 1. The highest BCUT2D eigenvalue weighted by Crippen LogP contribution is 2.32. The van der Waals surface area contributed by atoms with Gasteiger partial charge in [0.15, 0.2) is 18.2 Å². The molecule has 0 aliphatic rings. The van der Waals surface area contributed by atoms with E-state index in [2.05, 4.69) is 10.4 Å². The summed E-state index contributed by atoms with van der Waals surface area (Å²) in [5.41, 5.74) is 3.08. The van der Waals surface area contributed by atoms with Crippen LogP contribution in [0.3, 0.4) is 0 Å². The van der Waals surface area contributed by atoms with Gasteiger partial charge in [0.05, 0.1) is 10.0 Å². The van der Waals surface area contributed by atoms with Gasteiger partial charge >= 0.3 is 0 Å². The number of halogens is 2. The first-order chi connectivity index (χ1) is 12.5. The average molecular weight is 390 g/mol. The number of anilines is 1. The van der Waals surface area contributed by atoms with E-state index in [1.54, 1.807) is 30.5 Å². The monoisotopic (exact) mass is 389 g/mol. The van der Waals surface area contributed by atoms with Crippen LogP contribution in [0.5, 0.6) is 5.75 Å².